The molecule has 0 unspecified atom stereocenters. The molecule has 0 amide bonds. The van der Waals surface area contributed by atoms with Crippen LogP contribution in [0.25, 0.3) is 11.0 Å². The fraction of sp³-hybridized carbons (Fsp3) is 0.333. The van der Waals surface area contributed by atoms with E-state index in [9.17, 15) is 0 Å². The van der Waals surface area contributed by atoms with Crippen LogP contribution in [0.2, 0.25) is 5.15 Å². The van der Waals surface area contributed by atoms with Gasteiger partial charge in [0, 0.05) is 12.7 Å². The molecule has 0 radical (unpaired) electrons. The van der Waals surface area contributed by atoms with Crippen LogP contribution in [0.3, 0.4) is 0 Å². The van der Waals surface area contributed by atoms with E-state index < -0.39 is 0 Å². The lowest BCUT2D eigenvalue weighted by Gasteiger charge is -2.03. The molecule has 5 heteroatoms. The third-order valence-corrected chi connectivity index (χ3v) is 3.04. The van der Waals surface area contributed by atoms with Crippen molar-refractivity contribution in [1.82, 2.24) is 14.5 Å². The minimum atomic E-state index is 0.457. The van der Waals surface area contributed by atoms with E-state index in [1.807, 2.05) is 6.92 Å². The number of rotatable bonds is 1. The first-order valence-electron chi connectivity index (χ1n) is 4.32. The molecule has 0 fully saturated rings. The van der Waals surface area contributed by atoms with Gasteiger partial charge in [0.25, 0.3) is 0 Å². The quantitative estimate of drug-likeness (QED) is 0.748. The zero-order valence-electron chi connectivity index (χ0n) is 7.88. The van der Waals surface area contributed by atoms with Gasteiger partial charge in [-0.1, -0.05) is 11.6 Å². The van der Waals surface area contributed by atoms with Crippen LogP contribution < -0.4 is 0 Å². The number of pyridine rings is 1. The molecule has 0 aliphatic heterocycles. The first kappa shape index (κ1) is 9.93. The summed E-state index contributed by atoms with van der Waals surface area (Å²) >= 11 is 9.42. The van der Waals surface area contributed by atoms with Gasteiger partial charge in [0.05, 0.1) is 9.99 Å². The highest BCUT2D eigenvalue weighted by molar-refractivity contribution is 9.10. The Labute approximate surface area is 95.2 Å². The van der Waals surface area contributed by atoms with E-state index in [2.05, 4.69) is 37.4 Å². The van der Waals surface area contributed by atoms with E-state index in [1.54, 1.807) is 6.20 Å². The molecule has 0 saturated carbocycles. The summed E-state index contributed by atoms with van der Waals surface area (Å²) in [6.07, 6.45) is 1.71. The van der Waals surface area contributed by atoms with Crippen molar-refractivity contribution in [3.8, 4) is 0 Å². The van der Waals surface area contributed by atoms with Crippen molar-refractivity contribution in [3.63, 3.8) is 0 Å². The van der Waals surface area contributed by atoms with Crippen molar-refractivity contribution in [2.75, 3.05) is 0 Å². The van der Waals surface area contributed by atoms with Gasteiger partial charge in [-0.3, -0.25) is 0 Å². The lowest BCUT2D eigenvalue weighted by atomic mass is 10.4. The van der Waals surface area contributed by atoms with Gasteiger partial charge in [-0.2, -0.15) is 0 Å². The molecule has 0 aliphatic carbocycles. The van der Waals surface area contributed by atoms with E-state index in [1.165, 1.54) is 0 Å². The molecule has 0 aliphatic rings. The minimum absolute atomic E-state index is 0.457. The van der Waals surface area contributed by atoms with Gasteiger partial charge in [-0.15, -0.1) is 0 Å². The Bertz CT molecular complexity index is 492. The summed E-state index contributed by atoms with van der Waals surface area (Å²) in [5.41, 5.74) is 1.78. The normalized spacial score (nSPS) is 11.1. The number of aryl methyl sites for hydroxylation is 2. The molecule has 0 atom stereocenters. The van der Waals surface area contributed by atoms with Crippen LogP contribution >= 0.6 is 27.5 Å². The van der Waals surface area contributed by atoms with Crippen LogP contribution in [-0.4, -0.2) is 14.5 Å². The Hall–Kier alpha value is -0.610. The molecule has 0 N–H and O–H groups in total. The highest BCUT2D eigenvalue weighted by atomic mass is 79.9. The van der Waals surface area contributed by atoms with Crippen LogP contribution in [0.15, 0.2) is 10.7 Å². The largest absolute Gasteiger partial charge is 0.327 e. The Morgan fingerprint density at radius 1 is 1.57 bits per heavy atom. The number of imidazole rings is 1. The summed E-state index contributed by atoms with van der Waals surface area (Å²) in [5.74, 6) is 0.957. The molecule has 2 aromatic rings. The van der Waals surface area contributed by atoms with Gasteiger partial charge < -0.3 is 4.57 Å². The summed E-state index contributed by atoms with van der Waals surface area (Å²) in [7, 11) is 0. The fourth-order valence-corrected chi connectivity index (χ4v) is 2.26. The van der Waals surface area contributed by atoms with E-state index >= 15 is 0 Å². The van der Waals surface area contributed by atoms with Crippen LogP contribution in [0.4, 0.5) is 0 Å². The number of fused-ring (bicyclic) bond motifs is 1. The Morgan fingerprint density at radius 3 is 2.93 bits per heavy atom. The molecule has 74 valence electrons. The van der Waals surface area contributed by atoms with Crippen LogP contribution in [-0.2, 0) is 6.54 Å². The molecule has 2 aromatic heterocycles. The predicted molar refractivity (Wildman–Crippen MR) is 60.6 cm³/mol. The number of hydrogen-bond donors (Lipinski definition) is 0. The maximum Gasteiger partial charge on any atom is 0.156 e. The zero-order chi connectivity index (χ0) is 10.3. The van der Waals surface area contributed by atoms with Crippen LogP contribution in [0.5, 0.6) is 0 Å². The highest BCUT2D eigenvalue weighted by Crippen LogP contribution is 2.28. The lowest BCUT2D eigenvalue weighted by molar-refractivity contribution is 0.752. The molecule has 14 heavy (non-hydrogen) atoms. The molecule has 2 heterocycles. The third kappa shape index (κ3) is 1.33. The molecule has 0 aromatic carbocycles. The predicted octanol–water partition coefficient (Wildman–Crippen LogP) is 3.18. The Kier molecular flexibility index (Phi) is 2.49. The average Bonchev–Trinajstić information content (AvgIpc) is 2.50. The van der Waals surface area contributed by atoms with Crippen molar-refractivity contribution >= 4 is 38.6 Å². The number of nitrogens with zero attached hydrogens (tertiary/aromatic N) is 3. The van der Waals surface area contributed by atoms with Crippen molar-refractivity contribution in [1.29, 1.82) is 0 Å². The average molecular weight is 275 g/mol. The van der Waals surface area contributed by atoms with Crippen molar-refractivity contribution < 1.29 is 0 Å². The summed E-state index contributed by atoms with van der Waals surface area (Å²) in [5, 5.41) is 0.457. The lowest BCUT2D eigenvalue weighted by Crippen LogP contribution is -1.96. The summed E-state index contributed by atoms with van der Waals surface area (Å²) < 4.78 is 3.03. The van der Waals surface area contributed by atoms with E-state index in [4.69, 9.17) is 11.6 Å². The van der Waals surface area contributed by atoms with Crippen LogP contribution in [0.1, 0.15) is 12.7 Å². The molecule has 2 rings (SSSR count). The second-order valence-corrected chi connectivity index (χ2v) is 4.21. The van der Waals surface area contributed by atoms with E-state index in [-0.39, 0.29) is 0 Å². The summed E-state index contributed by atoms with van der Waals surface area (Å²) in [6.45, 7) is 4.92. The van der Waals surface area contributed by atoms with Gasteiger partial charge in [-0.05, 0) is 29.8 Å². The maximum atomic E-state index is 5.96. The third-order valence-electron chi connectivity index (χ3n) is 2.19. The van der Waals surface area contributed by atoms with Crippen LogP contribution in [0, 0.1) is 6.92 Å². The molecule has 0 saturated heterocycles. The monoisotopic (exact) mass is 273 g/mol. The maximum absolute atomic E-state index is 5.96. The van der Waals surface area contributed by atoms with Crippen molar-refractivity contribution in [2.24, 2.45) is 0 Å². The van der Waals surface area contributed by atoms with Gasteiger partial charge in [0.1, 0.15) is 11.3 Å². The molecule has 0 spiro atoms. The summed E-state index contributed by atoms with van der Waals surface area (Å²) in [4.78, 5) is 8.42. The summed E-state index contributed by atoms with van der Waals surface area (Å²) in [6, 6.07) is 0. The Morgan fingerprint density at radius 2 is 2.29 bits per heavy atom. The molecular formula is C9H9BrClN3. The van der Waals surface area contributed by atoms with Gasteiger partial charge in [0.15, 0.2) is 5.15 Å². The SMILES string of the molecule is CCn1c(C)nc2c(Cl)ncc(Br)c21. The first-order valence-corrected chi connectivity index (χ1v) is 5.49. The fourth-order valence-electron chi connectivity index (χ4n) is 1.57. The van der Waals surface area contributed by atoms with Gasteiger partial charge in [0.2, 0.25) is 0 Å². The first-order chi connectivity index (χ1) is 6.65. The second-order valence-electron chi connectivity index (χ2n) is 3.00. The van der Waals surface area contributed by atoms with Crippen molar-refractivity contribution in [3.05, 3.63) is 21.6 Å². The Balaban J connectivity index is 2.93. The molecule has 3 nitrogen and oxygen atoms in total. The van der Waals surface area contributed by atoms with Crippen molar-refractivity contribution in [2.45, 2.75) is 20.4 Å². The molecular weight excluding hydrogens is 265 g/mol. The van der Waals surface area contributed by atoms with Gasteiger partial charge >= 0.3 is 0 Å². The standard InChI is InChI=1S/C9H9BrClN3/c1-3-14-5(2)13-7-8(14)6(10)4-12-9(7)11/h4H,3H2,1-2H3. The number of aromatic nitrogens is 3. The zero-order valence-corrected chi connectivity index (χ0v) is 10.2. The molecule has 0 bridgehead atoms. The van der Waals surface area contributed by atoms with Gasteiger partial charge in [-0.25, -0.2) is 9.97 Å². The van der Waals surface area contributed by atoms with E-state index in [0.717, 1.165) is 27.9 Å². The van der Waals surface area contributed by atoms with E-state index in [0.29, 0.717) is 5.15 Å². The highest BCUT2D eigenvalue weighted by Gasteiger charge is 2.12. The second kappa shape index (κ2) is 3.51. The topological polar surface area (TPSA) is 30.7 Å². The smallest absolute Gasteiger partial charge is 0.156 e. The minimum Gasteiger partial charge on any atom is -0.327 e. The number of hydrogen-bond acceptors (Lipinski definition) is 2. The number of halogens is 2.